The number of carbonyl (C=O) groups is 2. The number of urea groups is 1. The molecule has 1 saturated heterocycles. The van der Waals surface area contributed by atoms with Crippen molar-refractivity contribution in [2.45, 2.75) is 30.6 Å². The van der Waals surface area contributed by atoms with Gasteiger partial charge in [0.25, 0.3) is 5.91 Å². The molecule has 0 spiro atoms. The van der Waals surface area contributed by atoms with Gasteiger partial charge in [0.1, 0.15) is 16.8 Å². The summed E-state index contributed by atoms with van der Waals surface area (Å²) >= 11 is 7.77. The number of carbonyl (C=O) groups excluding carboxylic acids is 2. The molecule has 3 aliphatic heterocycles. The van der Waals surface area contributed by atoms with E-state index in [0.717, 1.165) is 21.7 Å². The number of rotatable bonds is 4. The van der Waals surface area contributed by atoms with Crippen molar-refractivity contribution in [3.05, 3.63) is 83.2 Å². The van der Waals surface area contributed by atoms with E-state index in [1.54, 1.807) is 31.5 Å². The number of thioether (sulfide) groups is 1. The Morgan fingerprint density at radius 1 is 1.12 bits per heavy atom. The molecule has 7 rings (SSSR count). The Morgan fingerprint density at radius 3 is 2.74 bits per heavy atom. The highest BCUT2D eigenvalue weighted by atomic mass is 35.5. The van der Waals surface area contributed by atoms with Gasteiger partial charge in [0.2, 0.25) is 0 Å². The maximum absolute atomic E-state index is 13.9. The number of fused-ring (bicyclic) bond motifs is 3. The van der Waals surface area contributed by atoms with Crippen LogP contribution in [0.3, 0.4) is 0 Å². The van der Waals surface area contributed by atoms with E-state index in [4.69, 9.17) is 16.3 Å². The molecular weight excluding hydrogens is 605 g/mol. The van der Waals surface area contributed by atoms with E-state index in [0.29, 0.717) is 51.7 Å². The van der Waals surface area contributed by atoms with Crippen LogP contribution in [0.15, 0.2) is 61.1 Å². The Hall–Kier alpha value is -4.23. The number of hydrogen-bond acceptors (Lipinski definition) is 7. The average Bonchev–Trinajstić information content (AvgIpc) is 3.62. The molecule has 1 fully saturated rings. The number of pyridine rings is 1. The molecule has 2 aromatic carbocycles. The number of ether oxygens (including phenoxy) is 1. The van der Waals surface area contributed by atoms with Gasteiger partial charge < -0.3 is 19.5 Å². The fraction of sp³-hybridized carbons (Fsp3) is 0.241. The lowest BCUT2D eigenvalue weighted by atomic mass is 10.1. The van der Waals surface area contributed by atoms with Crippen molar-refractivity contribution in [2.24, 2.45) is 0 Å². The molecule has 9 nitrogen and oxygen atoms in total. The molecule has 2 atom stereocenters. The largest absolute Gasteiger partial charge is 0.497 e. The Labute approximate surface area is 252 Å². The minimum atomic E-state index is -4.52. The number of hydrogen-bond donors (Lipinski definition) is 1. The number of methoxy groups -OCH3 is 1. The van der Waals surface area contributed by atoms with Crippen LogP contribution in [-0.4, -0.2) is 51.4 Å². The van der Waals surface area contributed by atoms with E-state index in [1.807, 2.05) is 29.2 Å². The number of imide groups is 1. The molecule has 43 heavy (non-hydrogen) atoms. The Morgan fingerprint density at radius 2 is 1.95 bits per heavy atom. The first-order chi connectivity index (χ1) is 20.6. The number of alkyl halides is 3. The van der Waals surface area contributed by atoms with Crippen LogP contribution >= 0.6 is 23.4 Å². The minimum Gasteiger partial charge on any atom is -0.497 e. The fourth-order valence-electron chi connectivity index (χ4n) is 5.58. The summed E-state index contributed by atoms with van der Waals surface area (Å²) in [6.07, 6.45) is 1.44. The van der Waals surface area contributed by atoms with Crippen LogP contribution in [-0.2, 0) is 24.1 Å². The van der Waals surface area contributed by atoms with Crippen LogP contribution in [0.4, 0.5) is 29.3 Å². The third-order valence-electron chi connectivity index (χ3n) is 7.73. The number of aromatic nitrogens is 3. The van der Waals surface area contributed by atoms with Gasteiger partial charge in [-0.2, -0.15) is 13.2 Å². The normalized spacial score (nSPS) is 20.2. The predicted octanol–water partition coefficient (Wildman–Crippen LogP) is 5.71. The number of nitrogens with zero attached hydrogens (tertiary/aromatic N) is 5. The second-order valence-electron chi connectivity index (χ2n) is 10.3. The van der Waals surface area contributed by atoms with Gasteiger partial charge in [0, 0.05) is 57.4 Å². The quantitative estimate of drug-likeness (QED) is 0.310. The zero-order valence-corrected chi connectivity index (χ0v) is 24.0. The molecule has 3 aliphatic rings. The molecule has 0 saturated carbocycles. The zero-order chi connectivity index (χ0) is 30.0. The van der Waals surface area contributed by atoms with Crippen LogP contribution in [0.1, 0.15) is 17.1 Å². The molecule has 0 radical (unpaired) electrons. The van der Waals surface area contributed by atoms with Gasteiger partial charge in [-0.1, -0.05) is 17.7 Å². The monoisotopic (exact) mass is 626 g/mol. The molecule has 0 aliphatic carbocycles. The molecule has 0 bridgehead atoms. The average molecular weight is 627 g/mol. The fourth-order valence-corrected chi connectivity index (χ4v) is 7.15. The van der Waals surface area contributed by atoms with Crippen molar-refractivity contribution < 1.29 is 27.5 Å². The van der Waals surface area contributed by atoms with Crippen molar-refractivity contribution in [1.82, 2.24) is 19.9 Å². The number of imidazole rings is 1. The molecule has 14 heteroatoms. The SMILES string of the molecule is COc1ccc(Cl)c(C2=CC3NC(=O)N(c4cncc5ccc(N6CCn7cc(C(F)(F)F)nc7C6)cc45)C(=O)C3S2)c1. The van der Waals surface area contributed by atoms with E-state index >= 15 is 0 Å². The highest BCUT2D eigenvalue weighted by Gasteiger charge is 2.46. The molecule has 2 aromatic heterocycles. The van der Waals surface area contributed by atoms with Gasteiger partial charge in [-0.15, -0.1) is 11.8 Å². The standard InChI is InChI=1S/C29H22ClF3N6O3S/c1-42-17-4-5-20(30)19(9-17)23-10-21-26(43-23)27(40)39(28(41)35-21)22-12-34-11-15-2-3-16(8-18(15)22)37-6-7-38-13-24(29(31,32)33)36-25(38)14-37/h2-5,8-13,21,26H,6-7,14H2,1H3,(H,35,41). The second-order valence-corrected chi connectivity index (χ2v) is 11.9. The van der Waals surface area contributed by atoms with Gasteiger partial charge in [-0.25, -0.2) is 14.7 Å². The molecule has 1 N–H and O–H groups in total. The maximum atomic E-state index is 13.9. The molecule has 220 valence electrons. The van der Waals surface area contributed by atoms with E-state index in [9.17, 15) is 22.8 Å². The lowest BCUT2D eigenvalue weighted by Crippen LogP contribution is -2.60. The summed E-state index contributed by atoms with van der Waals surface area (Å²) in [4.78, 5) is 39.1. The zero-order valence-electron chi connectivity index (χ0n) is 22.4. The summed E-state index contributed by atoms with van der Waals surface area (Å²) in [7, 11) is 1.55. The molecular formula is C29H22ClF3N6O3S. The van der Waals surface area contributed by atoms with Crippen LogP contribution in [0.2, 0.25) is 5.02 Å². The molecule has 4 aromatic rings. The molecule has 2 unspecified atom stereocenters. The first-order valence-electron chi connectivity index (χ1n) is 13.2. The van der Waals surface area contributed by atoms with E-state index in [-0.39, 0.29) is 6.54 Å². The Bertz CT molecular complexity index is 1840. The number of nitrogens with one attached hydrogen (secondary N) is 1. The van der Waals surface area contributed by atoms with Crippen LogP contribution in [0.25, 0.3) is 15.7 Å². The van der Waals surface area contributed by atoms with Crippen LogP contribution < -0.4 is 19.9 Å². The summed E-state index contributed by atoms with van der Waals surface area (Å²) in [5.74, 6) is 0.523. The molecule has 5 heterocycles. The van der Waals surface area contributed by atoms with Gasteiger partial charge in [0.15, 0.2) is 5.69 Å². The van der Waals surface area contributed by atoms with Crippen LogP contribution in [0.5, 0.6) is 5.75 Å². The smallest absolute Gasteiger partial charge is 0.434 e. The lowest BCUT2D eigenvalue weighted by molar-refractivity contribution is -0.141. The predicted molar refractivity (Wildman–Crippen MR) is 157 cm³/mol. The first-order valence-corrected chi connectivity index (χ1v) is 14.5. The number of halogens is 4. The highest BCUT2D eigenvalue weighted by molar-refractivity contribution is 8.09. The van der Waals surface area contributed by atoms with Crippen molar-refractivity contribution in [3.8, 4) is 5.75 Å². The van der Waals surface area contributed by atoms with E-state index in [1.165, 1.54) is 22.5 Å². The number of anilines is 2. The van der Waals surface area contributed by atoms with Crippen molar-refractivity contribution in [3.63, 3.8) is 0 Å². The van der Waals surface area contributed by atoms with Gasteiger partial charge in [0.05, 0.1) is 31.6 Å². The van der Waals surface area contributed by atoms with Gasteiger partial charge >= 0.3 is 12.2 Å². The third-order valence-corrected chi connectivity index (χ3v) is 9.42. The molecule has 3 amide bonds. The second kappa shape index (κ2) is 10.2. The van der Waals surface area contributed by atoms with Gasteiger partial charge in [-0.3, -0.25) is 9.78 Å². The van der Waals surface area contributed by atoms with Crippen LogP contribution in [0, 0.1) is 0 Å². The summed E-state index contributed by atoms with van der Waals surface area (Å²) in [5, 5.41) is 4.09. The summed E-state index contributed by atoms with van der Waals surface area (Å²) in [6, 6.07) is 9.61. The van der Waals surface area contributed by atoms with Crippen molar-refractivity contribution >= 4 is 62.4 Å². The van der Waals surface area contributed by atoms with Gasteiger partial charge in [-0.05, 0) is 36.4 Å². The van der Waals surface area contributed by atoms with Crippen molar-refractivity contribution in [1.29, 1.82) is 0 Å². The summed E-state index contributed by atoms with van der Waals surface area (Å²) < 4.78 is 46.5. The third kappa shape index (κ3) is 4.76. The topological polar surface area (TPSA) is 92.6 Å². The Balaban J connectivity index is 1.19. The summed E-state index contributed by atoms with van der Waals surface area (Å²) in [6.45, 7) is 0.962. The highest BCUT2D eigenvalue weighted by Crippen LogP contribution is 2.45. The van der Waals surface area contributed by atoms with E-state index in [2.05, 4.69) is 15.3 Å². The lowest BCUT2D eigenvalue weighted by Gasteiger charge is -2.34. The maximum Gasteiger partial charge on any atom is 0.434 e. The minimum absolute atomic E-state index is 0.173. The summed E-state index contributed by atoms with van der Waals surface area (Å²) in [5.41, 5.74) is 0.819. The van der Waals surface area contributed by atoms with Crippen molar-refractivity contribution in [2.75, 3.05) is 23.5 Å². The number of amides is 3. The number of benzene rings is 2. The van der Waals surface area contributed by atoms with E-state index < -0.39 is 35.1 Å². The first kappa shape index (κ1) is 27.6. The Kier molecular flexibility index (Phi) is 6.54.